The van der Waals surface area contributed by atoms with Crippen molar-refractivity contribution in [3.63, 3.8) is 0 Å². The Morgan fingerprint density at radius 3 is 2.35 bits per heavy atom. The van der Waals surface area contributed by atoms with Gasteiger partial charge in [0.05, 0.1) is 5.92 Å². The molecule has 5 heteroatoms. The molecule has 1 aliphatic heterocycles. The number of benzene rings is 1. The molecule has 0 radical (unpaired) electrons. The van der Waals surface area contributed by atoms with Crippen LogP contribution in [0.5, 0.6) is 0 Å². The number of rotatable bonds is 4. The van der Waals surface area contributed by atoms with Crippen molar-refractivity contribution in [2.45, 2.75) is 50.5 Å². The normalized spacial score (nSPS) is 28.3. The predicted octanol–water partition coefficient (Wildman–Crippen LogP) is 2.17. The summed E-state index contributed by atoms with van der Waals surface area (Å²) < 4.78 is 0. The molecule has 0 bridgehead atoms. The fraction of sp³-hybridized carbons (Fsp3) is 0.556. The van der Waals surface area contributed by atoms with Gasteiger partial charge >= 0.3 is 0 Å². The molecule has 1 atom stereocenters. The number of piperidine rings is 1. The maximum Gasteiger partial charge on any atom is 0.234 e. The molecule has 1 aromatic rings. The summed E-state index contributed by atoms with van der Waals surface area (Å²) in [6.45, 7) is 0.299. The number of carbonyl (C=O) groups is 2. The molecule has 1 unspecified atom stereocenters. The van der Waals surface area contributed by atoms with Gasteiger partial charge in [0.2, 0.25) is 11.8 Å². The fourth-order valence-electron chi connectivity index (χ4n) is 3.55. The summed E-state index contributed by atoms with van der Waals surface area (Å²) in [4.78, 5) is 23.1. The van der Waals surface area contributed by atoms with Gasteiger partial charge in [0.1, 0.15) is 0 Å². The molecular formula is C18H24N2O3. The van der Waals surface area contributed by atoms with Gasteiger partial charge in [0.15, 0.2) is 0 Å². The van der Waals surface area contributed by atoms with Gasteiger partial charge in [0, 0.05) is 24.8 Å². The predicted molar refractivity (Wildman–Crippen MR) is 88.0 cm³/mol. The van der Waals surface area contributed by atoms with Crippen molar-refractivity contribution in [3.8, 4) is 0 Å². The van der Waals surface area contributed by atoms with E-state index in [-0.39, 0.29) is 17.7 Å². The molecule has 3 rings (SSSR count). The minimum atomic E-state index is -0.221. The molecule has 3 N–H and O–H groups in total. The molecule has 2 amide bonds. The topological polar surface area (TPSA) is 78.4 Å². The summed E-state index contributed by atoms with van der Waals surface area (Å²) >= 11 is 0. The molecular weight excluding hydrogens is 292 g/mol. The van der Waals surface area contributed by atoms with Crippen LogP contribution in [0.2, 0.25) is 0 Å². The van der Waals surface area contributed by atoms with Crippen molar-refractivity contribution in [2.24, 2.45) is 5.92 Å². The number of carbonyl (C=O) groups excluding carboxylic acids is 2. The van der Waals surface area contributed by atoms with Crippen LogP contribution in [-0.4, -0.2) is 29.6 Å². The van der Waals surface area contributed by atoms with E-state index in [2.05, 4.69) is 10.6 Å². The number of aliphatic hydroxyl groups excluding tert-OH is 1. The maximum absolute atomic E-state index is 11.9. The lowest BCUT2D eigenvalue weighted by Crippen LogP contribution is -2.39. The maximum atomic E-state index is 11.9. The SMILES string of the molecule is O=C1CCC(c2ccc(NC3CCC(CO)CC3)cc2)C(=O)N1. The first-order valence-electron chi connectivity index (χ1n) is 8.46. The van der Waals surface area contributed by atoms with Gasteiger partial charge in [-0.2, -0.15) is 0 Å². The van der Waals surface area contributed by atoms with Crippen molar-refractivity contribution in [2.75, 3.05) is 11.9 Å². The van der Waals surface area contributed by atoms with Crippen LogP contribution in [0.15, 0.2) is 24.3 Å². The lowest BCUT2D eigenvalue weighted by atomic mass is 9.86. The zero-order valence-corrected chi connectivity index (χ0v) is 13.3. The van der Waals surface area contributed by atoms with Crippen molar-refractivity contribution in [1.29, 1.82) is 0 Å². The molecule has 5 nitrogen and oxygen atoms in total. The average molecular weight is 316 g/mol. The molecule has 0 aromatic heterocycles. The number of hydrogen-bond donors (Lipinski definition) is 3. The largest absolute Gasteiger partial charge is 0.396 e. The Balaban J connectivity index is 1.57. The van der Waals surface area contributed by atoms with Gasteiger partial charge < -0.3 is 10.4 Å². The van der Waals surface area contributed by atoms with Crippen LogP contribution in [-0.2, 0) is 9.59 Å². The Kier molecular flexibility index (Phi) is 4.96. The van der Waals surface area contributed by atoms with E-state index in [0.29, 0.717) is 31.4 Å². The standard InChI is InChI=1S/C18H24N2O3/c21-11-12-1-5-14(6-2-12)19-15-7-3-13(4-8-15)16-9-10-17(22)20-18(16)23/h3-4,7-8,12,14,16,19,21H,1-2,5-6,9-11H2,(H,20,22,23). The van der Waals surface area contributed by atoms with E-state index in [1.165, 1.54) is 0 Å². The zero-order chi connectivity index (χ0) is 16.2. The highest BCUT2D eigenvalue weighted by atomic mass is 16.3. The van der Waals surface area contributed by atoms with Crippen LogP contribution in [0.25, 0.3) is 0 Å². The number of nitrogens with one attached hydrogen (secondary N) is 2. The van der Waals surface area contributed by atoms with Crippen molar-refractivity contribution in [3.05, 3.63) is 29.8 Å². The molecule has 0 spiro atoms. The van der Waals surface area contributed by atoms with Gasteiger partial charge in [-0.05, 0) is 55.7 Å². The first-order chi connectivity index (χ1) is 11.2. The molecule has 1 saturated carbocycles. The first kappa shape index (κ1) is 16.0. The Morgan fingerprint density at radius 1 is 1.04 bits per heavy atom. The quantitative estimate of drug-likeness (QED) is 0.744. The Labute approximate surface area is 136 Å². The summed E-state index contributed by atoms with van der Waals surface area (Å²) in [7, 11) is 0. The second-order valence-corrected chi connectivity index (χ2v) is 6.67. The molecule has 1 heterocycles. The summed E-state index contributed by atoms with van der Waals surface area (Å²) in [5.74, 6) is -0.128. The molecule has 23 heavy (non-hydrogen) atoms. The van der Waals surface area contributed by atoms with Crippen LogP contribution in [0.3, 0.4) is 0 Å². The van der Waals surface area contributed by atoms with Gasteiger partial charge in [-0.25, -0.2) is 0 Å². The summed E-state index contributed by atoms with van der Waals surface area (Å²) in [5, 5.41) is 15.1. The van der Waals surface area contributed by atoms with Gasteiger partial charge in [0.25, 0.3) is 0 Å². The Hall–Kier alpha value is -1.88. The molecule has 124 valence electrons. The van der Waals surface area contributed by atoms with E-state index < -0.39 is 0 Å². The molecule has 1 saturated heterocycles. The zero-order valence-electron chi connectivity index (χ0n) is 13.3. The lowest BCUT2D eigenvalue weighted by Gasteiger charge is -2.29. The van der Waals surface area contributed by atoms with E-state index in [9.17, 15) is 14.7 Å². The highest BCUT2D eigenvalue weighted by Gasteiger charge is 2.27. The van der Waals surface area contributed by atoms with E-state index >= 15 is 0 Å². The van der Waals surface area contributed by atoms with Crippen LogP contribution < -0.4 is 10.6 Å². The third-order valence-electron chi connectivity index (χ3n) is 5.03. The monoisotopic (exact) mass is 316 g/mol. The summed E-state index contributed by atoms with van der Waals surface area (Å²) in [6, 6.07) is 8.43. The average Bonchev–Trinajstić information content (AvgIpc) is 2.57. The van der Waals surface area contributed by atoms with Gasteiger partial charge in [-0.15, -0.1) is 0 Å². The smallest absolute Gasteiger partial charge is 0.234 e. The number of anilines is 1. The summed E-state index contributed by atoms with van der Waals surface area (Å²) in [6.07, 6.45) is 5.30. The van der Waals surface area contributed by atoms with E-state index in [4.69, 9.17) is 0 Å². The van der Waals surface area contributed by atoms with Crippen molar-refractivity contribution < 1.29 is 14.7 Å². The van der Waals surface area contributed by atoms with Crippen LogP contribution >= 0.6 is 0 Å². The third kappa shape index (κ3) is 3.91. The number of hydrogen-bond acceptors (Lipinski definition) is 4. The minimum Gasteiger partial charge on any atom is -0.396 e. The Bertz CT molecular complexity index is 562. The lowest BCUT2D eigenvalue weighted by molar-refractivity contribution is -0.134. The number of imide groups is 1. The molecule has 2 aliphatic rings. The van der Waals surface area contributed by atoms with Crippen LogP contribution in [0.1, 0.15) is 50.0 Å². The van der Waals surface area contributed by atoms with Crippen LogP contribution in [0.4, 0.5) is 5.69 Å². The number of aliphatic hydroxyl groups is 1. The van der Waals surface area contributed by atoms with Crippen LogP contribution in [0, 0.1) is 5.92 Å². The van der Waals surface area contributed by atoms with Crippen molar-refractivity contribution in [1.82, 2.24) is 5.32 Å². The van der Waals surface area contributed by atoms with E-state index in [1.807, 2.05) is 24.3 Å². The highest BCUT2D eigenvalue weighted by Crippen LogP contribution is 2.28. The second-order valence-electron chi connectivity index (χ2n) is 6.67. The fourth-order valence-corrected chi connectivity index (χ4v) is 3.55. The Morgan fingerprint density at radius 2 is 1.74 bits per heavy atom. The van der Waals surface area contributed by atoms with Crippen molar-refractivity contribution >= 4 is 17.5 Å². The number of amides is 2. The first-order valence-corrected chi connectivity index (χ1v) is 8.46. The highest BCUT2D eigenvalue weighted by molar-refractivity contribution is 6.00. The third-order valence-corrected chi connectivity index (χ3v) is 5.03. The minimum absolute atomic E-state index is 0.178. The molecule has 2 fully saturated rings. The molecule has 1 aliphatic carbocycles. The van der Waals surface area contributed by atoms with Gasteiger partial charge in [-0.1, -0.05) is 12.1 Å². The van der Waals surface area contributed by atoms with E-state index in [1.54, 1.807) is 0 Å². The van der Waals surface area contributed by atoms with E-state index in [0.717, 1.165) is 36.9 Å². The molecule has 1 aromatic carbocycles. The summed E-state index contributed by atoms with van der Waals surface area (Å²) in [5.41, 5.74) is 2.03. The van der Waals surface area contributed by atoms with Gasteiger partial charge in [-0.3, -0.25) is 14.9 Å². The second kappa shape index (κ2) is 7.13.